The van der Waals surface area contributed by atoms with Crippen LogP contribution in [-0.2, 0) is 9.47 Å². The quantitative estimate of drug-likeness (QED) is 0.541. The fourth-order valence-electron chi connectivity index (χ4n) is 1.98. The molecule has 0 atom stereocenters. The molecule has 0 aromatic heterocycles. The van der Waals surface area contributed by atoms with Crippen LogP contribution in [0.4, 0.5) is 0 Å². The van der Waals surface area contributed by atoms with Gasteiger partial charge in [-0.25, -0.2) is 0 Å². The summed E-state index contributed by atoms with van der Waals surface area (Å²) in [6.07, 6.45) is 1.19. The standard InChI is InChI=1S/C14H32N2O2/c1-6-7-15-12-14(2,3)13-16(8-10-17-4)9-11-18-5/h15H,6-13H2,1-5H3. The molecule has 0 unspecified atom stereocenters. The van der Waals surface area contributed by atoms with E-state index in [4.69, 9.17) is 9.47 Å². The molecule has 0 radical (unpaired) electrons. The molecule has 4 nitrogen and oxygen atoms in total. The maximum atomic E-state index is 5.17. The fourth-order valence-corrected chi connectivity index (χ4v) is 1.98. The third-order valence-corrected chi connectivity index (χ3v) is 2.91. The Balaban J connectivity index is 4.07. The lowest BCUT2D eigenvalue weighted by molar-refractivity contribution is 0.0884. The van der Waals surface area contributed by atoms with Gasteiger partial charge in [-0.15, -0.1) is 0 Å². The Morgan fingerprint density at radius 2 is 1.61 bits per heavy atom. The van der Waals surface area contributed by atoms with Crippen molar-refractivity contribution in [1.82, 2.24) is 10.2 Å². The van der Waals surface area contributed by atoms with Gasteiger partial charge in [0.05, 0.1) is 13.2 Å². The first-order valence-electron chi connectivity index (χ1n) is 6.96. The van der Waals surface area contributed by atoms with Crippen LogP contribution >= 0.6 is 0 Å². The second-order valence-electron chi connectivity index (χ2n) is 5.60. The molecule has 0 amide bonds. The maximum Gasteiger partial charge on any atom is 0.0589 e. The Labute approximate surface area is 113 Å². The molecule has 1 N–H and O–H groups in total. The normalized spacial score (nSPS) is 12.3. The van der Waals surface area contributed by atoms with Gasteiger partial charge in [0.25, 0.3) is 0 Å². The number of hydrogen-bond donors (Lipinski definition) is 1. The second-order valence-corrected chi connectivity index (χ2v) is 5.60. The molecule has 0 aromatic rings. The minimum Gasteiger partial charge on any atom is -0.383 e. The van der Waals surface area contributed by atoms with E-state index in [1.54, 1.807) is 14.2 Å². The van der Waals surface area contributed by atoms with Crippen molar-refractivity contribution in [2.75, 3.05) is 60.2 Å². The highest BCUT2D eigenvalue weighted by atomic mass is 16.5. The highest BCUT2D eigenvalue weighted by molar-refractivity contribution is 4.76. The molecule has 110 valence electrons. The van der Waals surface area contributed by atoms with Crippen LogP contribution in [0.2, 0.25) is 0 Å². The summed E-state index contributed by atoms with van der Waals surface area (Å²) in [5.41, 5.74) is 0.274. The number of ether oxygens (including phenoxy) is 2. The van der Waals surface area contributed by atoms with Gasteiger partial charge in [-0.1, -0.05) is 20.8 Å². The first-order chi connectivity index (χ1) is 8.55. The summed E-state index contributed by atoms with van der Waals surface area (Å²) in [7, 11) is 3.50. The van der Waals surface area contributed by atoms with Gasteiger partial charge in [0.15, 0.2) is 0 Å². The molecule has 0 spiro atoms. The van der Waals surface area contributed by atoms with Crippen molar-refractivity contribution in [1.29, 1.82) is 0 Å². The largest absolute Gasteiger partial charge is 0.383 e. The van der Waals surface area contributed by atoms with Crippen LogP contribution in [0.3, 0.4) is 0 Å². The molecule has 0 rings (SSSR count). The van der Waals surface area contributed by atoms with E-state index in [2.05, 4.69) is 31.0 Å². The molecule has 0 fully saturated rings. The minimum atomic E-state index is 0.274. The van der Waals surface area contributed by atoms with Crippen molar-refractivity contribution in [3.05, 3.63) is 0 Å². The Kier molecular flexibility index (Phi) is 10.6. The molecule has 0 bridgehead atoms. The van der Waals surface area contributed by atoms with Crippen LogP contribution in [0.25, 0.3) is 0 Å². The van der Waals surface area contributed by atoms with Gasteiger partial charge in [-0.05, 0) is 18.4 Å². The van der Waals surface area contributed by atoms with E-state index in [1.807, 2.05) is 0 Å². The molecular weight excluding hydrogens is 228 g/mol. The summed E-state index contributed by atoms with van der Waals surface area (Å²) >= 11 is 0. The highest BCUT2D eigenvalue weighted by Crippen LogP contribution is 2.15. The topological polar surface area (TPSA) is 33.7 Å². The zero-order valence-corrected chi connectivity index (χ0v) is 12.9. The van der Waals surface area contributed by atoms with Gasteiger partial charge in [0.1, 0.15) is 0 Å². The van der Waals surface area contributed by atoms with Gasteiger partial charge >= 0.3 is 0 Å². The number of nitrogens with zero attached hydrogens (tertiary/aromatic N) is 1. The molecule has 0 aromatic carbocycles. The van der Waals surface area contributed by atoms with Gasteiger partial charge < -0.3 is 14.8 Å². The molecule has 0 aliphatic carbocycles. The van der Waals surface area contributed by atoms with E-state index in [0.717, 1.165) is 45.9 Å². The summed E-state index contributed by atoms with van der Waals surface area (Å²) in [6.45, 7) is 13.5. The third-order valence-electron chi connectivity index (χ3n) is 2.91. The Hall–Kier alpha value is -0.160. The first kappa shape index (κ1) is 17.8. The Bertz CT molecular complexity index is 179. The van der Waals surface area contributed by atoms with E-state index >= 15 is 0 Å². The lowest BCUT2D eigenvalue weighted by Crippen LogP contribution is -2.43. The minimum absolute atomic E-state index is 0.274. The summed E-state index contributed by atoms with van der Waals surface area (Å²) in [5.74, 6) is 0. The van der Waals surface area contributed by atoms with Crippen molar-refractivity contribution in [2.24, 2.45) is 5.41 Å². The summed E-state index contributed by atoms with van der Waals surface area (Å²) in [4.78, 5) is 2.42. The van der Waals surface area contributed by atoms with Crippen molar-refractivity contribution < 1.29 is 9.47 Å². The summed E-state index contributed by atoms with van der Waals surface area (Å²) < 4.78 is 10.3. The predicted octanol–water partition coefficient (Wildman–Crippen LogP) is 1.61. The van der Waals surface area contributed by atoms with Crippen molar-refractivity contribution in [3.8, 4) is 0 Å². The summed E-state index contributed by atoms with van der Waals surface area (Å²) in [6, 6.07) is 0. The van der Waals surface area contributed by atoms with E-state index in [9.17, 15) is 0 Å². The van der Waals surface area contributed by atoms with Crippen molar-refractivity contribution in [3.63, 3.8) is 0 Å². The molecular formula is C14H32N2O2. The third kappa shape index (κ3) is 9.83. The van der Waals surface area contributed by atoms with Gasteiger partial charge in [0, 0.05) is 40.4 Å². The van der Waals surface area contributed by atoms with Gasteiger partial charge in [-0.2, -0.15) is 0 Å². The Morgan fingerprint density at radius 1 is 1.06 bits per heavy atom. The van der Waals surface area contributed by atoms with Crippen molar-refractivity contribution in [2.45, 2.75) is 27.2 Å². The lowest BCUT2D eigenvalue weighted by Gasteiger charge is -2.32. The van der Waals surface area contributed by atoms with Crippen LogP contribution in [0.1, 0.15) is 27.2 Å². The lowest BCUT2D eigenvalue weighted by atomic mass is 9.92. The number of nitrogens with one attached hydrogen (secondary N) is 1. The molecule has 0 aliphatic rings. The van der Waals surface area contributed by atoms with E-state index in [1.165, 1.54) is 6.42 Å². The van der Waals surface area contributed by atoms with E-state index in [0.29, 0.717) is 0 Å². The number of hydrogen-bond acceptors (Lipinski definition) is 4. The zero-order chi connectivity index (χ0) is 13.9. The molecule has 18 heavy (non-hydrogen) atoms. The van der Waals surface area contributed by atoms with Crippen LogP contribution in [0, 0.1) is 5.41 Å². The SMILES string of the molecule is CCCNCC(C)(C)CN(CCOC)CCOC. The predicted molar refractivity (Wildman–Crippen MR) is 77.1 cm³/mol. The molecule has 0 aliphatic heterocycles. The second kappa shape index (κ2) is 10.7. The molecule has 0 saturated heterocycles. The monoisotopic (exact) mass is 260 g/mol. The number of methoxy groups -OCH3 is 2. The molecule has 0 saturated carbocycles. The van der Waals surface area contributed by atoms with Gasteiger partial charge in [0.2, 0.25) is 0 Å². The van der Waals surface area contributed by atoms with Crippen LogP contribution < -0.4 is 5.32 Å². The first-order valence-corrected chi connectivity index (χ1v) is 6.96. The van der Waals surface area contributed by atoms with Crippen LogP contribution in [0.5, 0.6) is 0 Å². The molecule has 0 heterocycles. The fraction of sp³-hybridized carbons (Fsp3) is 1.00. The highest BCUT2D eigenvalue weighted by Gasteiger charge is 2.21. The van der Waals surface area contributed by atoms with E-state index in [-0.39, 0.29) is 5.41 Å². The van der Waals surface area contributed by atoms with Crippen LogP contribution in [0.15, 0.2) is 0 Å². The molecule has 4 heteroatoms. The van der Waals surface area contributed by atoms with Crippen LogP contribution in [-0.4, -0.2) is 65.1 Å². The maximum absolute atomic E-state index is 5.17. The average Bonchev–Trinajstić information content (AvgIpc) is 2.32. The van der Waals surface area contributed by atoms with E-state index < -0.39 is 0 Å². The smallest absolute Gasteiger partial charge is 0.0589 e. The zero-order valence-electron chi connectivity index (χ0n) is 12.9. The van der Waals surface area contributed by atoms with Gasteiger partial charge in [-0.3, -0.25) is 4.90 Å². The Morgan fingerprint density at radius 3 is 2.06 bits per heavy atom. The summed E-state index contributed by atoms with van der Waals surface area (Å²) in [5, 5.41) is 3.50. The van der Waals surface area contributed by atoms with Crippen molar-refractivity contribution >= 4 is 0 Å². The number of rotatable bonds is 12. The average molecular weight is 260 g/mol.